The van der Waals surface area contributed by atoms with Crippen molar-refractivity contribution in [3.05, 3.63) is 89.5 Å². The average Bonchev–Trinajstić information content (AvgIpc) is 2.73. The Morgan fingerprint density at radius 1 is 0.531 bits per heavy atom. The zero-order valence-electron chi connectivity index (χ0n) is 18.1. The highest BCUT2D eigenvalue weighted by atomic mass is 31.0. The molecule has 1 atom stereocenters. The fourth-order valence-corrected chi connectivity index (χ4v) is 4.13. The van der Waals surface area contributed by atoms with Gasteiger partial charge in [0.2, 0.25) is 0 Å². The maximum Gasteiger partial charge on any atom is 0.308 e. The summed E-state index contributed by atoms with van der Waals surface area (Å²) in [4.78, 5) is 33.8. The van der Waals surface area contributed by atoms with Crippen molar-refractivity contribution < 1.29 is 28.6 Å². The molecule has 0 bridgehead atoms. The monoisotopic (exact) mass is 451 g/mol. The van der Waals surface area contributed by atoms with E-state index in [9.17, 15) is 14.4 Å². The van der Waals surface area contributed by atoms with Crippen LogP contribution in [0.5, 0.6) is 17.2 Å². The normalized spacial score (nSPS) is 11.0. The summed E-state index contributed by atoms with van der Waals surface area (Å²) in [6.45, 7) is 4.07. The molecule has 0 radical (unpaired) electrons. The Morgan fingerprint density at radius 3 is 0.938 bits per heavy atom. The maximum absolute atomic E-state index is 11.3. The van der Waals surface area contributed by atoms with E-state index in [0.717, 1.165) is 16.7 Å². The molecule has 0 amide bonds. The summed E-state index contributed by atoms with van der Waals surface area (Å²) in [5.74, 6) is 0.227. The zero-order valence-corrected chi connectivity index (χ0v) is 19.5. The van der Waals surface area contributed by atoms with Crippen molar-refractivity contribution in [2.24, 2.45) is 0 Å². The smallest absolute Gasteiger partial charge is 0.308 e. The lowest BCUT2D eigenvalue weighted by molar-refractivity contribution is -0.132. The molecule has 7 heteroatoms. The first-order valence-electron chi connectivity index (χ1n) is 9.90. The highest BCUT2D eigenvalue weighted by molar-refractivity contribution is 7.19. The molecular weight excluding hydrogens is 427 g/mol. The molecule has 0 heterocycles. The van der Waals surface area contributed by atoms with Gasteiger partial charge in [0, 0.05) is 37.5 Å². The van der Waals surface area contributed by atoms with Crippen LogP contribution in [0.2, 0.25) is 0 Å². The number of carbonyl (C=O) groups excluding carboxylic acids is 3. The van der Waals surface area contributed by atoms with Gasteiger partial charge in [0.15, 0.2) is 0 Å². The molecule has 3 aromatic rings. The predicted octanol–water partition coefficient (Wildman–Crippen LogP) is 4.36. The molecule has 0 saturated carbocycles. The van der Waals surface area contributed by atoms with Gasteiger partial charge in [0.1, 0.15) is 22.4 Å². The molecule has 0 spiro atoms. The fraction of sp³-hybridized carbons (Fsp3) is 0.160. The van der Waals surface area contributed by atoms with E-state index in [1.165, 1.54) is 20.8 Å². The number of hydrogen-bond donors (Lipinski definition) is 0. The van der Waals surface area contributed by atoms with E-state index in [-0.39, 0.29) is 17.9 Å². The highest BCUT2D eigenvalue weighted by Gasteiger charge is 2.37. The topological polar surface area (TPSA) is 78.9 Å². The Labute approximate surface area is 188 Å². The molecule has 0 fully saturated rings. The maximum atomic E-state index is 11.3. The molecule has 164 valence electrons. The minimum absolute atomic E-state index is 0.385. The Bertz CT molecular complexity index is 974. The summed E-state index contributed by atoms with van der Waals surface area (Å²) in [5.41, 5.74) is 2.90. The van der Waals surface area contributed by atoms with Crippen LogP contribution in [-0.2, 0) is 19.5 Å². The molecule has 6 nitrogen and oxygen atoms in total. The Balaban J connectivity index is 2.07. The molecule has 0 aliphatic carbocycles. The van der Waals surface area contributed by atoms with Crippen LogP contribution < -0.4 is 14.2 Å². The van der Waals surface area contributed by atoms with Crippen LogP contribution in [0.4, 0.5) is 0 Å². The molecular formula is C25H24O6P+. The molecule has 0 saturated heterocycles. The van der Waals surface area contributed by atoms with Gasteiger partial charge in [-0.25, -0.2) is 0 Å². The van der Waals surface area contributed by atoms with Gasteiger partial charge in [0.05, 0.1) is 0 Å². The minimum Gasteiger partial charge on any atom is -0.427 e. The summed E-state index contributed by atoms with van der Waals surface area (Å²) in [6.07, 6.45) is 0. The van der Waals surface area contributed by atoms with E-state index < -0.39 is 5.16 Å². The van der Waals surface area contributed by atoms with E-state index in [1.54, 1.807) is 45.6 Å². The SMILES string of the molecule is CC(=O)Oc1ccc(C([PH3+])(c2ccc(OC(C)=O)cc2)c2ccc(OC(C)=O)cc2)cc1. The third-order valence-electron chi connectivity index (χ3n) is 4.83. The van der Waals surface area contributed by atoms with Gasteiger partial charge in [-0.2, -0.15) is 0 Å². The summed E-state index contributed by atoms with van der Waals surface area (Å²) in [5, 5.41) is -0.571. The van der Waals surface area contributed by atoms with Crippen molar-refractivity contribution in [3.63, 3.8) is 0 Å². The molecule has 0 aliphatic heterocycles. The van der Waals surface area contributed by atoms with Crippen LogP contribution in [-0.4, -0.2) is 17.9 Å². The molecule has 0 aliphatic rings. The number of hydrogen-bond acceptors (Lipinski definition) is 6. The van der Waals surface area contributed by atoms with Crippen molar-refractivity contribution in [1.29, 1.82) is 0 Å². The Morgan fingerprint density at radius 2 is 0.750 bits per heavy atom. The second-order valence-corrected chi connectivity index (χ2v) is 8.32. The summed E-state index contributed by atoms with van der Waals surface area (Å²) in [6, 6.07) is 21.9. The average molecular weight is 451 g/mol. The summed E-state index contributed by atoms with van der Waals surface area (Å²) >= 11 is 0. The van der Waals surface area contributed by atoms with Crippen LogP contribution in [0.1, 0.15) is 37.5 Å². The van der Waals surface area contributed by atoms with E-state index >= 15 is 0 Å². The van der Waals surface area contributed by atoms with Crippen molar-refractivity contribution >= 4 is 27.1 Å². The van der Waals surface area contributed by atoms with E-state index in [2.05, 4.69) is 0 Å². The number of ether oxygens (including phenoxy) is 3. The summed E-state index contributed by atoms with van der Waals surface area (Å²) in [7, 11) is 1.79. The number of esters is 3. The quantitative estimate of drug-likeness (QED) is 0.240. The second kappa shape index (κ2) is 9.75. The van der Waals surface area contributed by atoms with Crippen LogP contribution in [0.3, 0.4) is 0 Å². The van der Waals surface area contributed by atoms with Gasteiger partial charge in [-0.1, -0.05) is 36.4 Å². The minimum atomic E-state index is -0.571. The lowest BCUT2D eigenvalue weighted by atomic mass is 9.84. The van der Waals surface area contributed by atoms with Gasteiger partial charge in [-0.05, 0) is 45.6 Å². The number of carbonyl (C=O) groups is 3. The standard InChI is InChI=1S/C25H23O6P/c1-16(26)29-22-10-4-19(5-11-22)25(32,20-6-12-23(13-7-20)30-17(2)27)21-8-14-24(15-9-21)31-18(3)28/h4-15H,32H2,1-3H3/p+1. The molecule has 3 rings (SSSR count). The lowest BCUT2D eigenvalue weighted by Crippen LogP contribution is -2.21. The summed E-state index contributed by atoms with van der Waals surface area (Å²) < 4.78 is 15.5. The van der Waals surface area contributed by atoms with Gasteiger partial charge in [0.25, 0.3) is 0 Å². The van der Waals surface area contributed by atoms with Gasteiger partial charge in [-0.15, -0.1) is 0 Å². The highest BCUT2D eigenvalue weighted by Crippen LogP contribution is 2.46. The molecule has 32 heavy (non-hydrogen) atoms. The van der Waals surface area contributed by atoms with Crippen molar-refractivity contribution in [2.45, 2.75) is 25.9 Å². The van der Waals surface area contributed by atoms with Crippen molar-refractivity contribution in [3.8, 4) is 17.2 Å². The first-order valence-corrected chi connectivity index (χ1v) is 10.6. The van der Waals surface area contributed by atoms with Gasteiger partial charge in [-0.3, -0.25) is 14.4 Å². The largest absolute Gasteiger partial charge is 0.427 e. The van der Waals surface area contributed by atoms with Crippen LogP contribution in [0.15, 0.2) is 72.8 Å². The molecule has 0 N–H and O–H groups in total. The van der Waals surface area contributed by atoms with Crippen molar-refractivity contribution in [1.82, 2.24) is 0 Å². The first-order chi connectivity index (χ1) is 15.2. The Hall–Kier alpha value is -3.50. The molecule has 3 aromatic carbocycles. The zero-order chi connectivity index (χ0) is 23.3. The third-order valence-corrected chi connectivity index (χ3v) is 6.05. The number of rotatable bonds is 6. The Kier molecular flexibility index (Phi) is 7.06. The van der Waals surface area contributed by atoms with Gasteiger partial charge >= 0.3 is 17.9 Å². The fourth-order valence-electron chi connectivity index (χ4n) is 3.42. The van der Waals surface area contributed by atoms with Crippen LogP contribution in [0, 0.1) is 0 Å². The van der Waals surface area contributed by atoms with Crippen molar-refractivity contribution in [2.75, 3.05) is 0 Å². The predicted molar refractivity (Wildman–Crippen MR) is 124 cm³/mol. The first kappa shape index (κ1) is 23.2. The van der Waals surface area contributed by atoms with Crippen LogP contribution in [0.25, 0.3) is 0 Å². The van der Waals surface area contributed by atoms with E-state index in [4.69, 9.17) is 14.2 Å². The second-order valence-electron chi connectivity index (χ2n) is 7.26. The third kappa shape index (κ3) is 5.40. The lowest BCUT2D eigenvalue weighted by Gasteiger charge is -2.27. The van der Waals surface area contributed by atoms with E-state index in [1.807, 2.05) is 36.4 Å². The number of benzene rings is 3. The van der Waals surface area contributed by atoms with E-state index in [0.29, 0.717) is 17.2 Å². The van der Waals surface area contributed by atoms with Gasteiger partial charge < -0.3 is 14.2 Å². The molecule has 0 aromatic heterocycles. The molecule has 1 unspecified atom stereocenters. The van der Waals surface area contributed by atoms with Crippen LogP contribution >= 0.6 is 9.24 Å².